The monoisotopic (exact) mass is 485 g/mol. The fourth-order valence-electron chi connectivity index (χ4n) is 4.53. The zero-order valence-electron chi connectivity index (χ0n) is 22.3. The largest absolute Gasteiger partial charge is 0.390 e. The van der Waals surface area contributed by atoms with Crippen LogP contribution in [0, 0.1) is 12.8 Å². The smallest absolute Gasteiger partial charge is 0.118 e. The summed E-state index contributed by atoms with van der Waals surface area (Å²) in [5.41, 5.74) is 8.87. The lowest BCUT2D eigenvalue weighted by Gasteiger charge is -2.40. The lowest BCUT2D eigenvalue weighted by molar-refractivity contribution is 0.114. The Labute approximate surface area is 213 Å². The second-order valence-corrected chi connectivity index (χ2v) is 10.5. The number of halogens is 1. The number of hydrogen-bond donors (Lipinski definition) is 4. The molecule has 5 heteroatoms. The first-order chi connectivity index (χ1) is 16.7. The van der Waals surface area contributed by atoms with Gasteiger partial charge in [-0.2, -0.15) is 0 Å². The summed E-state index contributed by atoms with van der Waals surface area (Å²) in [6, 6.07) is 8.52. The van der Waals surface area contributed by atoms with Gasteiger partial charge in [0.2, 0.25) is 0 Å². The first kappa shape index (κ1) is 31.1. The van der Waals surface area contributed by atoms with Crippen molar-refractivity contribution in [3.63, 3.8) is 0 Å². The average Bonchev–Trinajstić information content (AvgIpc) is 2.86. The second kappa shape index (κ2) is 15.9. The maximum absolute atomic E-state index is 13.9. The number of allylic oxidation sites excluding steroid dienone is 3. The molecular formula is C30H48FN3O. The van der Waals surface area contributed by atoms with Crippen LogP contribution in [0.25, 0.3) is 0 Å². The summed E-state index contributed by atoms with van der Waals surface area (Å²) >= 11 is 0. The van der Waals surface area contributed by atoms with E-state index >= 15 is 0 Å². The molecule has 0 bridgehead atoms. The van der Waals surface area contributed by atoms with E-state index in [1.165, 1.54) is 36.5 Å². The minimum absolute atomic E-state index is 0.0955. The highest BCUT2D eigenvalue weighted by molar-refractivity contribution is 5.33. The summed E-state index contributed by atoms with van der Waals surface area (Å²) < 4.78 is 13.9. The first-order valence-corrected chi connectivity index (χ1v) is 13.0. The van der Waals surface area contributed by atoms with E-state index in [-0.39, 0.29) is 16.8 Å². The minimum atomic E-state index is -0.671. The van der Waals surface area contributed by atoms with Gasteiger partial charge in [0.15, 0.2) is 0 Å². The van der Waals surface area contributed by atoms with E-state index in [1.807, 2.05) is 6.92 Å². The van der Waals surface area contributed by atoms with E-state index in [2.05, 4.69) is 68.5 Å². The van der Waals surface area contributed by atoms with Gasteiger partial charge >= 0.3 is 0 Å². The molecule has 196 valence electrons. The summed E-state index contributed by atoms with van der Waals surface area (Å²) in [5.74, 6) is -0.257. The number of likely N-dealkylation sites (N-methyl/N-ethyl adjacent to an activating group) is 1. The molecule has 0 saturated heterocycles. The van der Waals surface area contributed by atoms with Crippen LogP contribution in [-0.2, 0) is 11.0 Å². The van der Waals surface area contributed by atoms with Crippen LogP contribution >= 0.6 is 0 Å². The van der Waals surface area contributed by atoms with E-state index in [1.54, 1.807) is 12.2 Å². The molecule has 1 aromatic rings. The first-order valence-electron chi connectivity index (χ1n) is 13.0. The fourth-order valence-corrected chi connectivity index (χ4v) is 4.53. The minimum Gasteiger partial charge on any atom is -0.390 e. The zero-order chi connectivity index (χ0) is 26.3. The van der Waals surface area contributed by atoms with Crippen molar-refractivity contribution in [3.8, 4) is 12.8 Å². The van der Waals surface area contributed by atoms with Crippen LogP contribution < -0.4 is 16.4 Å². The number of terminal acetylenes is 1. The van der Waals surface area contributed by atoms with Crippen LogP contribution in [-0.4, -0.2) is 36.9 Å². The molecule has 1 saturated carbocycles. The van der Waals surface area contributed by atoms with Gasteiger partial charge in [0.05, 0.1) is 6.10 Å². The van der Waals surface area contributed by atoms with Gasteiger partial charge < -0.3 is 21.5 Å². The Morgan fingerprint density at radius 2 is 1.91 bits per heavy atom. The maximum atomic E-state index is 13.9. The highest BCUT2D eigenvalue weighted by Crippen LogP contribution is 2.38. The second-order valence-electron chi connectivity index (χ2n) is 10.5. The Morgan fingerprint density at radius 3 is 2.54 bits per heavy atom. The summed E-state index contributed by atoms with van der Waals surface area (Å²) in [7, 11) is 0. The lowest BCUT2D eigenvalue weighted by Crippen LogP contribution is -2.50. The van der Waals surface area contributed by atoms with Crippen LogP contribution in [0.15, 0.2) is 48.3 Å². The van der Waals surface area contributed by atoms with Gasteiger partial charge in [-0.05, 0) is 60.9 Å². The summed E-state index contributed by atoms with van der Waals surface area (Å²) in [4.78, 5) is 0. The highest BCUT2D eigenvalue weighted by Gasteiger charge is 2.35. The molecule has 2 rings (SSSR count). The van der Waals surface area contributed by atoms with Gasteiger partial charge in [-0.3, -0.25) is 0 Å². The van der Waals surface area contributed by atoms with E-state index in [0.717, 1.165) is 19.4 Å². The van der Waals surface area contributed by atoms with E-state index in [9.17, 15) is 9.50 Å². The molecule has 0 amide bonds. The van der Waals surface area contributed by atoms with Crippen molar-refractivity contribution in [1.29, 1.82) is 0 Å². The van der Waals surface area contributed by atoms with Crippen molar-refractivity contribution in [1.82, 2.24) is 10.6 Å². The third kappa shape index (κ3) is 10.7. The topological polar surface area (TPSA) is 70.3 Å². The lowest BCUT2D eigenvalue weighted by atomic mass is 9.74. The van der Waals surface area contributed by atoms with Crippen molar-refractivity contribution < 1.29 is 9.50 Å². The van der Waals surface area contributed by atoms with E-state index in [0.29, 0.717) is 25.9 Å². The molecule has 1 aromatic carbocycles. The Bertz CT molecular complexity index is 803. The van der Waals surface area contributed by atoms with E-state index < -0.39 is 12.1 Å². The number of benzene rings is 1. The Hall–Kier alpha value is -1.97. The number of rotatable bonds is 12. The van der Waals surface area contributed by atoms with Crippen LogP contribution in [0.4, 0.5) is 4.39 Å². The number of aliphatic hydroxyl groups is 1. The van der Waals surface area contributed by atoms with Crippen LogP contribution in [0.1, 0.15) is 83.8 Å². The number of aliphatic hydroxyl groups excluding tert-OH is 1. The van der Waals surface area contributed by atoms with Crippen molar-refractivity contribution in [2.45, 2.75) is 95.7 Å². The van der Waals surface area contributed by atoms with Crippen LogP contribution in [0.3, 0.4) is 0 Å². The molecule has 1 aliphatic rings. The fraction of sp³-hybridized carbons (Fsp3) is 0.600. The predicted molar refractivity (Wildman–Crippen MR) is 148 cm³/mol. The molecule has 0 aromatic heterocycles. The normalized spacial score (nSPS) is 18.0. The van der Waals surface area contributed by atoms with Gasteiger partial charge in [-0.1, -0.05) is 77.3 Å². The molecule has 0 spiro atoms. The number of nitrogens with two attached hydrogens (primary N) is 1. The molecule has 1 fully saturated rings. The number of nitrogens with one attached hydrogen (secondary N) is 2. The quantitative estimate of drug-likeness (QED) is 0.180. The summed E-state index contributed by atoms with van der Waals surface area (Å²) in [6.45, 7) is 10.7. The third-order valence-electron chi connectivity index (χ3n) is 6.76. The molecule has 35 heavy (non-hydrogen) atoms. The van der Waals surface area contributed by atoms with Crippen LogP contribution in [0.5, 0.6) is 0 Å². The number of hydrogen-bond acceptors (Lipinski definition) is 4. The van der Waals surface area contributed by atoms with Gasteiger partial charge in [0.25, 0.3) is 0 Å². The van der Waals surface area contributed by atoms with Gasteiger partial charge in [-0.15, -0.1) is 12.8 Å². The molecule has 2 atom stereocenters. The van der Waals surface area contributed by atoms with Crippen molar-refractivity contribution in [2.75, 3.05) is 19.6 Å². The predicted octanol–water partition coefficient (Wildman–Crippen LogP) is 5.47. The Morgan fingerprint density at radius 1 is 1.23 bits per heavy atom. The molecule has 2 unspecified atom stereocenters. The van der Waals surface area contributed by atoms with Gasteiger partial charge in [-0.25, -0.2) is 4.39 Å². The SMILES string of the molecule is C#C.CCNC/C=C\C(F)=C/CCC(N)C(O)CNC1(c2cccc(C(C)(C)C)c2)CCCCC1. The van der Waals surface area contributed by atoms with E-state index in [4.69, 9.17) is 5.73 Å². The standard InChI is InChI=1S/C28H46FN3O.C2H2/c1-5-31-19-11-15-24(29)14-10-16-25(30)26(33)21-32-28(17-7-6-8-18-28)23-13-9-12-22(20-23)27(2,3)4;1-2/h9,11-15,20,25-26,31-33H,5-8,10,16-19,21,30H2,1-4H3;1-2H/b15-11-,24-14+;. The molecule has 0 radical (unpaired) electrons. The molecule has 1 aliphatic carbocycles. The maximum Gasteiger partial charge on any atom is 0.118 e. The molecule has 0 heterocycles. The molecule has 4 nitrogen and oxygen atoms in total. The third-order valence-corrected chi connectivity index (χ3v) is 6.76. The molecule has 0 aliphatic heterocycles. The van der Waals surface area contributed by atoms with Gasteiger partial charge in [0, 0.05) is 24.7 Å². The summed E-state index contributed by atoms with van der Waals surface area (Å²) in [6.07, 6.45) is 18.9. The Balaban J connectivity index is 0.00000298. The van der Waals surface area contributed by atoms with Crippen molar-refractivity contribution in [2.24, 2.45) is 5.73 Å². The van der Waals surface area contributed by atoms with Gasteiger partial charge in [0.1, 0.15) is 5.83 Å². The van der Waals surface area contributed by atoms with Crippen LogP contribution in [0.2, 0.25) is 0 Å². The molecule has 5 N–H and O–H groups in total. The highest BCUT2D eigenvalue weighted by atomic mass is 19.1. The zero-order valence-corrected chi connectivity index (χ0v) is 22.3. The average molecular weight is 486 g/mol. The van der Waals surface area contributed by atoms with Crippen molar-refractivity contribution in [3.05, 3.63) is 59.4 Å². The Kier molecular flexibility index (Phi) is 14.1. The molecular weight excluding hydrogens is 437 g/mol. The van der Waals surface area contributed by atoms with Crippen molar-refractivity contribution >= 4 is 0 Å². The summed E-state index contributed by atoms with van der Waals surface area (Å²) in [5, 5.41) is 17.6.